The molecule has 0 fully saturated rings. The maximum absolute atomic E-state index is 5.43. The summed E-state index contributed by atoms with van der Waals surface area (Å²) in [6, 6.07) is 6.30. The standard InChI is InChI=1S/C11H17NOS/c1-9-7-10(8-14-6-5-12)3-4-11(9)13-2/h3-4,7H,5-6,8,12H2,1-2H3. The van der Waals surface area contributed by atoms with Gasteiger partial charge in [-0.1, -0.05) is 12.1 Å². The van der Waals surface area contributed by atoms with E-state index in [0.29, 0.717) is 0 Å². The molecule has 0 atom stereocenters. The van der Waals surface area contributed by atoms with E-state index in [9.17, 15) is 0 Å². The van der Waals surface area contributed by atoms with E-state index >= 15 is 0 Å². The summed E-state index contributed by atoms with van der Waals surface area (Å²) in [5.74, 6) is 3.00. The van der Waals surface area contributed by atoms with Crippen LogP contribution in [0.3, 0.4) is 0 Å². The number of thioether (sulfide) groups is 1. The first-order valence-electron chi connectivity index (χ1n) is 4.69. The van der Waals surface area contributed by atoms with Crippen molar-refractivity contribution in [3.05, 3.63) is 29.3 Å². The van der Waals surface area contributed by atoms with Gasteiger partial charge in [-0.2, -0.15) is 11.8 Å². The van der Waals surface area contributed by atoms with Crippen molar-refractivity contribution in [2.75, 3.05) is 19.4 Å². The van der Waals surface area contributed by atoms with Crippen LogP contribution in [0.5, 0.6) is 5.75 Å². The zero-order valence-corrected chi connectivity index (χ0v) is 9.56. The van der Waals surface area contributed by atoms with E-state index in [1.165, 1.54) is 11.1 Å². The molecule has 0 bridgehead atoms. The Morgan fingerprint density at radius 1 is 1.43 bits per heavy atom. The molecule has 0 saturated heterocycles. The monoisotopic (exact) mass is 211 g/mol. The zero-order chi connectivity index (χ0) is 10.4. The summed E-state index contributed by atoms with van der Waals surface area (Å²) in [5.41, 5.74) is 7.96. The molecule has 0 saturated carbocycles. The molecule has 14 heavy (non-hydrogen) atoms. The third kappa shape index (κ3) is 3.24. The van der Waals surface area contributed by atoms with Crippen LogP contribution in [0.25, 0.3) is 0 Å². The molecular weight excluding hydrogens is 194 g/mol. The summed E-state index contributed by atoms with van der Waals surface area (Å²) in [6.45, 7) is 2.82. The first-order chi connectivity index (χ1) is 6.77. The van der Waals surface area contributed by atoms with Crippen molar-refractivity contribution in [2.24, 2.45) is 5.73 Å². The van der Waals surface area contributed by atoms with Gasteiger partial charge in [-0.3, -0.25) is 0 Å². The highest BCUT2D eigenvalue weighted by molar-refractivity contribution is 7.98. The number of aryl methyl sites for hydroxylation is 1. The predicted octanol–water partition coefficient (Wildman–Crippen LogP) is 2.20. The normalized spacial score (nSPS) is 10.2. The van der Waals surface area contributed by atoms with Crippen LogP contribution in [0.1, 0.15) is 11.1 Å². The SMILES string of the molecule is COc1ccc(CSCCN)cc1C. The molecule has 0 aliphatic heterocycles. The summed E-state index contributed by atoms with van der Waals surface area (Å²) in [4.78, 5) is 0. The van der Waals surface area contributed by atoms with Gasteiger partial charge in [0.25, 0.3) is 0 Å². The van der Waals surface area contributed by atoms with Crippen LogP contribution in [-0.2, 0) is 5.75 Å². The van der Waals surface area contributed by atoms with Crippen LogP contribution < -0.4 is 10.5 Å². The summed E-state index contributed by atoms with van der Waals surface area (Å²) in [5, 5.41) is 0. The molecule has 0 radical (unpaired) electrons. The molecule has 1 aromatic rings. The molecule has 0 unspecified atom stereocenters. The fraction of sp³-hybridized carbons (Fsp3) is 0.455. The number of hydrogen-bond donors (Lipinski definition) is 1. The van der Waals surface area contributed by atoms with E-state index in [0.717, 1.165) is 23.8 Å². The third-order valence-electron chi connectivity index (χ3n) is 1.99. The molecule has 78 valence electrons. The number of methoxy groups -OCH3 is 1. The van der Waals surface area contributed by atoms with Crippen molar-refractivity contribution >= 4 is 11.8 Å². The molecule has 1 rings (SSSR count). The molecule has 1 aromatic carbocycles. The molecule has 0 spiro atoms. The Labute approximate surface area is 89.8 Å². The van der Waals surface area contributed by atoms with Crippen LogP contribution in [0.15, 0.2) is 18.2 Å². The van der Waals surface area contributed by atoms with E-state index in [2.05, 4.69) is 19.1 Å². The summed E-state index contributed by atoms with van der Waals surface area (Å²) in [6.07, 6.45) is 0. The summed E-state index contributed by atoms with van der Waals surface area (Å²) < 4.78 is 5.20. The Hall–Kier alpha value is -0.670. The smallest absolute Gasteiger partial charge is 0.121 e. The van der Waals surface area contributed by atoms with Gasteiger partial charge < -0.3 is 10.5 Å². The van der Waals surface area contributed by atoms with Crippen LogP contribution in [0.2, 0.25) is 0 Å². The van der Waals surface area contributed by atoms with Crippen LogP contribution >= 0.6 is 11.8 Å². The van der Waals surface area contributed by atoms with Crippen LogP contribution in [-0.4, -0.2) is 19.4 Å². The Kier molecular flexibility index (Phi) is 4.84. The lowest BCUT2D eigenvalue weighted by Crippen LogP contribution is -2.01. The van der Waals surface area contributed by atoms with E-state index in [1.54, 1.807) is 7.11 Å². The van der Waals surface area contributed by atoms with E-state index in [1.807, 2.05) is 17.8 Å². The molecule has 3 heteroatoms. The largest absolute Gasteiger partial charge is 0.496 e. The molecule has 0 amide bonds. The van der Waals surface area contributed by atoms with Crippen LogP contribution in [0, 0.1) is 6.92 Å². The van der Waals surface area contributed by atoms with Crippen LogP contribution in [0.4, 0.5) is 0 Å². The first-order valence-corrected chi connectivity index (χ1v) is 5.84. The predicted molar refractivity (Wildman–Crippen MR) is 62.9 cm³/mol. The lowest BCUT2D eigenvalue weighted by atomic mass is 10.1. The molecule has 2 nitrogen and oxygen atoms in total. The van der Waals surface area contributed by atoms with E-state index in [4.69, 9.17) is 10.5 Å². The second-order valence-electron chi connectivity index (χ2n) is 3.15. The number of rotatable bonds is 5. The number of benzene rings is 1. The molecule has 0 heterocycles. The minimum atomic E-state index is 0.750. The molecule has 2 N–H and O–H groups in total. The zero-order valence-electron chi connectivity index (χ0n) is 8.75. The van der Waals surface area contributed by atoms with Crippen molar-refractivity contribution in [1.29, 1.82) is 0 Å². The number of nitrogens with two attached hydrogens (primary N) is 1. The fourth-order valence-corrected chi connectivity index (χ4v) is 2.03. The number of hydrogen-bond acceptors (Lipinski definition) is 3. The summed E-state index contributed by atoms with van der Waals surface area (Å²) >= 11 is 1.86. The minimum Gasteiger partial charge on any atom is -0.496 e. The average molecular weight is 211 g/mol. The molecule has 0 aliphatic carbocycles. The highest BCUT2D eigenvalue weighted by Crippen LogP contribution is 2.21. The molecule has 0 aromatic heterocycles. The Balaban J connectivity index is 2.57. The maximum Gasteiger partial charge on any atom is 0.121 e. The van der Waals surface area contributed by atoms with Gasteiger partial charge >= 0.3 is 0 Å². The lowest BCUT2D eigenvalue weighted by molar-refractivity contribution is 0.411. The van der Waals surface area contributed by atoms with Gasteiger partial charge in [-0.05, 0) is 24.1 Å². The minimum absolute atomic E-state index is 0.750. The van der Waals surface area contributed by atoms with Gasteiger partial charge in [0.15, 0.2) is 0 Å². The van der Waals surface area contributed by atoms with Gasteiger partial charge in [0.1, 0.15) is 5.75 Å². The van der Waals surface area contributed by atoms with Gasteiger partial charge in [0.05, 0.1) is 7.11 Å². The highest BCUT2D eigenvalue weighted by atomic mass is 32.2. The average Bonchev–Trinajstić information content (AvgIpc) is 2.18. The fourth-order valence-electron chi connectivity index (χ4n) is 1.30. The van der Waals surface area contributed by atoms with Crippen molar-refractivity contribution in [3.8, 4) is 5.75 Å². The Morgan fingerprint density at radius 3 is 2.79 bits per heavy atom. The maximum atomic E-state index is 5.43. The van der Waals surface area contributed by atoms with Gasteiger partial charge in [-0.25, -0.2) is 0 Å². The van der Waals surface area contributed by atoms with E-state index < -0.39 is 0 Å². The molecular formula is C11H17NOS. The van der Waals surface area contributed by atoms with Crippen molar-refractivity contribution < 1.29 is 4.74 Å². The lowest BCUT2D eigenvalue weighted by Gasteiger charge is -2.06. The second kappa shape index (κ2) is 5.94. The Morgan fingerprint density at radius 2 is 2.21 bits per heavy atom. The molecule has 0 aliphatic rings. The Bertz CT molecular complexity index is 289. The van der Waals surface area contributed by atoms with Crippen molar-refractivity contribution in [3.63, 3.8) is 0 Å². The van der Waals surface area contributed by atoms with Gasteiger partial charge in [0.2, 0.25) is 0 Å². The highest BCUT2D eigenvalue weighted by Gasteiger charge is 1.99. The second-order valence-corrected chi connectivity index (χ2v) is 4.25. The third-order valence-corrected chi connectivity index (χ3v) is 3.05. The quantitative estimate of drug-likeness (QED) is 0.758. The van der Waals surface area contributed by atoms with Gasteiger partial charge in [-0.15, -0.1) is 0 Å². The van der Waals surface area contributed by atoms with Crippen molar-refractivity contribution in [2.45, 2.75) is 12.7 Å². The number of ether oxygens (including phenoxy) is 1. The van der Waals surface area contributed by atoms with E-state index in [-0.39, 0.29) is 0 Å². The first kappa shape index (κ1) is 11.4. The topological polar surface area (TPSA) is 35.2 Å². The van der Waals surface area contributed by atoms with Gasteiger partial charge in [0, 0.05) is 18.1 Å². The summed E-state index contributed by atoms with van der Waals surface area (Å²) in [7, 11) is 1.70. The van der Waals surface area contributed by atoms with Crippen molar-refractivity contribution in [1.82, 2.24) is 0 Å².